The van der Waals surface area contributed by atoms with Crippen molar-refractivity contribution in [3.63, 3.8) is 0 Å². The van der Waals surface area contributed by atoms with Crippen LogP contribution in [0.25, 0.3) is 33.2 Å². The molecule has 0 amide bonds. The molecule has 0 fully saturated rings. The average Bonchev–Trinajstić information content (AvgIpc) is 2.77. The highest BCUT2D eigenvalue weighted by atomic mass is 14.1. The molecule has 0 heteroatoms. The van der Waals surface area contributed by atoms with Crippen LogP contribution in [0.1, 0.15) is 16.7 Å². The van der Waals surface area contributed by atoms with Crippen LogP contribution in [0.2, 0.25) is 0 Å². The van der Waals surface area contributed by atoms with Gasteiger partial charge in [-0.05, 0) is 68.1 Å². The van der Waals surface area contributed by atoms with Gasteiger partial charge < -0.3 is 0 Å². The van der Waals surface area contributed by atoms with E-state index in [9.17, 15) is 0 Å². The molecular weight excluding hydrogens is 336 g/mol. The largest absolute Gasteiger partial charge is 0.0622 e. The standard InChI is InChI=1S/C28H20/c1-3-9-22(10-4-1)28(23-11-5-2-6-12-23)18-21-15-16-26-19-24-13-7-8-14-25(24)20-27(26)17-21/h1-20H. The van der Waals surface area contributed by atoms with Crippen LogP contribution in [0.4, 0.5) is 0 Å². The minimum Gasteiger partial charge on any atom is -0.0622 e. The van der Waals surface area contributed by atoms with Gasteiger partial charge in [0.1, 0.15) is 0 Å². The summed E-state index contributed by atoms with van der Waals surface area (Å²) < 4.78 is 0. The van der Waals surface area contributed by atoms with Gasteiger partial charge >= 0.3 is 0 Å². The lowest BCUT2D eigenvalue weighted by Gasteiger charge is -2.10. The quantitative estimate of drug-likeness (QED) is 0.231. The predicted molar refractivity (Wildman–Crippen MR) is 121 cm³/mol. The second kappa shape index (κ2) is 7.17. The lowest BCUT2D eigenvalue weighted by molar-refractivity contribution is 1.55. The van der Waals surface area contributed by atoms with Crippen molar-refractivity contribution in [1.29, 1.82) is 0 Å². The number of hydrogen-bond donors (Lipinski definition) is 0. The Morgan fingerprint density at radius 2 is 0.929 bits per heavy atom. The SMILES string of the molecule is C(=C(c1ccccc1)c1ccccc1)c1ccc2cc3ccccc3cc2c1. The number of hydrogen-bond acceptors (Lipinski definition) is 0. The molecule has 0 atom stereocenters. The Morgan fingerprint density at radius 1 is 0.429 bits per heavy atom. The van der Waals surface area contributed by atoms with E-state index < -0.39 is 0 Å². The molecule has 0 saturated carbocycles. The first-order valence-electron chi connectivity index (χ1n) is 9.62. The lowest BCUT2D eigenvalue weighted by Crippen LogP contribution is -1.88. The van der Waals surface area contributed by atoms with Gasteiger partial charge in [-0.2, -0.15) is 0 Å². The van der Waals surface area contributed by atoms with Gasteiger partial charge in [0.05, 0.1) is 0 Å². The number of fused-ring (bicyclic) bond motifs is 2. The van der Waals surface area contributed by atoms with Crippen molar-refractivity contribution in [2.75, 3.05) is 0 Å². The smallest absolute Gasteiger partial charge is 0.0105 e. The molecule has 5 rings (SSSR count). The second-order valence-electron chi connectivity index (χ2n) is 7.10. The maximum absolute atomic E-state index is 2.29. The van der Waals surface area contributed by atoms with E-state index >= 15 is 0 Å². The first-order valence-corrected chi connectivity index (χ1v) is 9.62. The molecule has 0 unspecified atom stereocenters. The highest BCUT2D eigenvalue weighted by molar-refractivity contribution is 6.00. The highest BCUT2D eigenvalue weighted by Crippen LogP contribution is 2.28. The summed E-state index contributed by atoms with van der Waals surface area (Å²) in [6.07, 6.45) is 2.29. The molecule has 5 aromatic rings. The minimum absolute atomic E-state index is 1.21. The molecule has 0 aromatic heterocycles. The van der Waals surface area contributed by atoms with E-state index in [0.717, 1.165) is 0 Å². The van der Waals surface area contributed by atoms with Crippen LogP contribution >= 0.6 is 0 Å². The Morgan fingerprint density at radius 3 is 1.54 bits per heavy atom. The van der Waals surface area contributed by atoms with E-state index in [0.29, 0.717) is 0 Å². The fraction of sp³-hybridized carbons (Fsp3) is 0. The third kappa shape index (κ3) is 3.21. The van der Waals surface area contributed by atoms with Crippen molar-refractivity contribution in [2.45, 2.75) is 0 Å². The summed E-state index contributed by atoms with van der Waals surface area (Å²) >= 11 is 0. The summed E-state index contributed by atoms with van der Waals surface area (Å²) in [5.74, 6) is 0. The average molecular weight is 356 g/mol. The van der Waals surface area contributed by atoms with E-state index in [4.69, 9.17) is 0 Å². The van der Waals surface area contributed by atoms with Crippen molar-refractivity contribution in [3.05, 3.63) is 132 Å². The Labute approximate surface area is 165 Å². The van der Waals surface area contributed by atoms with Crippen molar-refractivity contribution >= 4 is 33.2 Å². The van der Waals surface area contributed by atoms with E-state index in [-0.39, 0.29) is 0 Å². The number of rotatable bonds is 3. The van der Waals surface area contributed by atoms with Crippen LogP contribution in [0, 0.1) is 0 Å². The lowest BCUT2D eigenvalue weighted by atomic mass is 9.94. The van der Waals surface area contributed by atoms with Crippen molar-refractivity contribution in [3.8, 4) is 0 Å². The van der Waals surface area contributed by atoms with E-state index in [1.54, 1.807) is 0 Å². The summed E-state index contributed by atoms with van der Waals surface area (Å²) in [6, 6.07) is 41.0. The van der Waals surface area contributed by atoms with Gasteiger partial charge in [-0.1, -0.05) is 97.1 Å². The fourth-order valence-corrected chi connectivity index (χ4v) is 3.78. The number of benzene rings is 5. The van der Waals surface area contributed by atoms with Crippen molar-refractivity contribution in [1.82, 2.24) is 0 Å². The molecule has 0 aliphatic rings. The van der Waals surface area contributed by atoms with Crippen molar-refractivity contribution < 1.29 is 0 Å². The van der Waals surface area contributed by atoms with Gasteiger partial charge in [-0.25, -0.2) is 0 Å². The summed E-state index contributed by atoms with van der Waals surface area (Å²) in [5.41, 5.74) is 4.91. The summed E-state index contributed by atoms with van der Waals surface area (Å²) in [5, 5.41) is 5.11. The molecule has 132 valence electrons. The van der Waals surface area contributed by atoms with Crippen LogP contribution in [-0.4, -0.2) is 0 Å². The molecule has 0 radical (unpaired) electrons. The van der Waals surface area contributed by atoms with Gasteiger partial charge in [0.2, 0.25) is 0 Å². The van der Waals surface area contributed by atoms with E-state index in [2.05, 4.69) is 121 Å². The Bertz CT molecular complexity index is 1240. The zero-order chi connectivity index (χ0) is 18.8. The zero-order valence-electron chi connectivity index (χ0n) is 15.5. The normalized spacial score (nSPS) is 10.9. The van der Waals surface area contributed by atoms with Crippen molar-refractivity contribution in [2.24, 2.45) is 0 Å². The molecule has 0 heterocycles. The maximum atomic E-state index is 2.29. The maximum Gasteiger partial charge on any atom is -0.0105 e. The highest BCUT2D eigenvalue weighted by Gasteiger charge is 2.05. The Kier molecular flexibility index (Phi) is 4.23. The molecule has 0 aliphatic heterocycles. The summed E-state index contributed by atoms with van der Waals surface area (Å²) in [6.45, 7) is 0. The van der Waals surface area contributed by atoms with Crippen LogP contribution in [-0.2, 0) is 0 Å². The zero-order valence-corrected chi connectivity index (χ0v) is 15.5. The fourth-order valence-electron chi connectivity index (χ4n) is 3.78. The first kappa shape index (κ1) is 16.5. The third-order valence-electron chi connectivity index (χ3n) is 5.21. The van der Waals surface area contributed by atoms with E-state index in [1.165, 1.54) is 43.8 Å². The molecule has 0 N–H and O–H groups in total. The van der Waals surface area contributed by atoms with Crippen LogP contribution in [0.3, 0.4) is 0 Å². The van der Waals surface area contributed by atoms with Crippen LogP contribution in [0.15, 0.2) is 115 Å². The summed E-state index contributed by atoms with van der Waals surface area (Å²) in [4.78, 5) is 0. The molecule has 0 spiro atoms. The Balaban J connectivity index is 1.67. The van der Waals surface area contributed by atoms with Gasteiger partial charge in [-0.15, -0.1) is 0 Å². The molecule has 5 aromatic carbocycles. The topological polar surface area (TPSA) is 0 Å². The molecular formula is C28H20. The Hall–Kier alpha value is -3.64. The minimum atomic E-state index is 1.21. The second-order valence-corrected chi connectivity index (χ2v) is 7.10. The molecule has 0 aliphatic carbocycles. The molecule has 0 bridgehead atoms. The van der Waals surface area contributed by atoms with Crippen LogP contribution < -0.4 is 0 Å². The predicted octanol–water partition coefficient (Wildman–Crippen LogP) is 7.58. The molecule has 28 heavy (non-hydrogen) atoms. The molecule has 0 nitrogen and oxygen atoms in total. The van der Waals surface area contributed by atoms with E-state index in [1.807, 2.05) is 0 Å². The van der Waals surface area contributed by atoms with Gasteiger partial charge in [0.15, 0.2) is 0 Å². The third-order valence-corrected chi connectivity index (χ3v) is 5.21. The molecule has 0 saturated heterocycles. The van der Waals surface area contributed by atoms with Gasteiger partial charge in [-0.3, -0.25) is 0 Å². The first-order chi connectivity index (χ1) is 13.9. The van der Waals surface area contributed by atoms with Crippen LogP contribution in [0.5, 0.6) is 0 Å². The van der Waals surface area contributed by atoms with Gasteiger partial charge in [0, 0.05) is 0 Å². The van der Waals surface area contributed by atoms with Gasteiger partial charge in [0.25, 0.3) is 0 Å². The monoisotopic (exact) mass is 356 g/mol. The summed E-state index contributed by atoms with van der Waals surface area (Å²) in [7, 11) is 0.